The molecule has 1 heterocycles. The molecule has 0 radical (unpaired) electrons. The second-order valence-electron chi connectivity index (χ2n) is 2.89. The summed E-state index contributed by atoms with van der Waals surface area (Å²) in [5, 5.41) is 0. The van der Waals surface area contributed by atoms with Crippen molar-refractivity contribution < 1.29 is 8.95 Å². The molecule has 0 saturated heterocycles. The van der Waals surface area contributed by atoms with Crippen molar-refractivity contribution in [3.05, 3.63) is 18.3 Å². The molecule has 0 aromatic carbocycles. The highest BCUT2D eigenvalue weighted by molar-refractivity contribution is 7.93. The van der Waals surface area contributed by atoms with Crippen LogP contribution in [-0.2, 0) is 9.73 Å². The molecule has 1 rings (SSSR count). The van der Waals surface area contributed by atoms with Crippen molar-refractivity contribution in [3.8, 4) is 5.75 Å². The summed E-state index contributed by atoms with van der Waals surface area (Å²) in [4.78, 5) is 3.99. The second kappa shape index (κ2) is 4.41. The average molecular weight is 214 g/mol. The molecule has 0 fully saturated rings. The van der Waals surface area contributed by atoms with Gasteiger partial charge in [-0.25, -0.2) is 9.19 Å². The fraction of sp³-hybridized carbons (Fsp3) is 0.444. The topological polar surface area (TPSA) is 51.5 Å². The van der Waals surface area contributed by atoms with Gasteiger partial charge in [0.2, 0.25) is 0 Å². The first-order chi connectivity index (χ1) is 6.57. The van der Waals surface area contributed by atoms with Crippen LogP contribution in [0.25, 0.3) is 0 Å². The molecule has 1 aromatic heterocycles. The van der Waals surface area contributed by atoms with Crippen molar-refractivity contribution in [2.45, 2.75) is 6.92 Å². The Balaban J connectivity index is 3.09. The maximum atomic E-state index is 11.7. The Hall–Kier alpha value is -1.10. The minimum atomic E-state index is -2.14. The summed E-state index contributed by atoms with van der Waals surface area (Å²) in [6.45, 7) is 1.84. The zero-order chi connectivity index (χ0) is 10.6. The van der Waals surface area contributed by atoms with Crippen LogP contribution in [0.15, 0.2) is 22.7 Å². The molecule has 5 heteroatoms. The molecule has 0 saturated carbocycles. The SMILES string of the molecule is CC[S@](C)(=O)=Nc1cc(OC)ccn1. The fourth-order valence-corrected chi connectivity index (χ4v) is 1.46. The molecule has 0 aliphatic heterocycles. The molecule has 4 nitrogen and oxygen atoms in total. The Morgan fingerprint density at radius 1 is 1.64 bits per heavy atom. The highest BCUT2D eigenvalue weighted by Crippen LogP contribution is 2.17. The Labute approximate surface area is 84.5 Å². The van der Waals surface area contributed by atoms with Gasteiger partial charge in [-0.05, 0) is 6.07 Å². The molecule has 14 heavy (non-hydrogen) atoms. The number of nitrogens with zero attached hydrogens (tertiary/aromatic N) is 2. The van der Waals surface area contributed by atoms with E-state index < -0.39 is 9.73 Å². The molecule has 0 bridgehead atoms. The van der Waals surface area contributed by atoms with E-state index in [-0.39, 0.29) is 0 Å². The molecular formula is C9H14N2O2S. The van der Waals surface area contributed by atoms with E-state index in [0.29, 0.717) is 17.3 Å². The predicted molar refractivity (Wildman–Crippen MR) is 57.5 cm³/mol. The van der Waals surface area contributed by atoms with Crippen molar-refractivity contribution in [2.24, 2.45) is 4.36 Å². The highest BCUT2D eigenvalue weighted by atomic mass is 32.2. The maximum Gasteiger partial charge on any atom is 0.165 e. The number of hydrogen-bond acceptors (Lipinski definition) is 4. The van der Waals surface area contributed by atoms with Gasteiger partial charge in [-0.15, -0.1) is 0 Å². The van der Waals surface area contributed by atoms with Crippen molar-refractivity contribution in [1.29, 1.82) is 0 Å². The molecule has 0 aliphatic carbocycles. The van der Waals surface area contributed by atoms with Gasteiger partial charge in [-0.1, -0.05) is 6.92 Å². The number of methoxy groups -OCH3 is 1. The number of hydrogen-bond donors (Lipinski definition) is 0. The first-order valence-electron chi connectivity index (χ1n) is 4.27. The van der Waals surface area contributed by atoms with Gasteiger partial charge in [0.15, 0.2) is 5.82 Å². The number of ether oxygens (including phenoxy) is 1. The first kappa shape index (κ1) is 11.0. The van der Waals surface area contributed by atoms with E-state index in [4.69, 9.17) is 4.74 Å². The second-order valence-corrected chi connectivity index (χ2v) is 5.57. The van der Waals surface area contributed by atoms with E-state index >= 15 is 0 Å². The molecule has 1 aromatic rings. The standard InChI is InChI=1S/C9H14N2O2S/c1-4-14(3,12)11-9-7-8(13-2)5-6-10-9/h5-7H,4H2,1-3H3/t14-/m0/s1. The third-order valence-corrected chi connectivity index (χ3v) is 3.42. The van der Waals surface area contributed by atoms with E-state index in [1.807, 2.05) is 6.92 Å². The summed E-state index contributed by atoms with van der Waals surface area (Å²) in [5.41, 5.74) is 0. The summed E-state index contributed by atoms with van der Waals surface area (Å²) in [6, 6.07) is 3.39. The Morgan fingerprint density at radius 2 is 2.36 bits per heavy atom. The zero-order valence-electron chi connectivity index (χ0n) is 8.56. The van der Waals surface area contributed by atoms with Gasteiger partial charge in [0.1, 0.15) is 5.75 Å². The van der Waals surface area contributed by atoms with E-state index in [1.54, 1.807) is 31.7 Å². The van der Waals surface area contributed by atoms with Crippen LogP contribution >= 0.6 is 0 Å². The van der Waals surface area contributed by atoms with Gasteiger partial charge >= 0.3 is 0 Å². The third kappa shape index (κ3) is 2.99. The molecular weight excluding hydrogens is 200 g/mol. The summed E-state index contributed by atoms with van der Waals surface area (Å²) in [6.07, 6.45) is 3.21. The van der Waals surface area contributed by atoms with Gasteiger partial charge in [0.05, 0.1) is 16.8 Å². The van der Waals surface area contributed by atoms with Gasteiger partial charge < -0.3 is 4.74 Å². The number of pyridine rings is 1. The Bertz CT molecular complexity index is 423. The van der Waals surface area contributed by atoms with Crippen molar-refractivity contribution >= 4 is 15.5 Å². The fourth-order valence-electron chi connectivity index (χ4n) is 0.839. The van der Waals surface area contributed by atoms with Crippen LogP contribution in [0.4, 0.5) is 5.82 Å². The normalized spacial score (nSPS) is 14.5. The Kier molecular flexibility index (Phi) is 3.46. The minimum absolute atomic E-state index is 0.457. The van der Waals surface area contributed by atoms with Crippen LogP contribution in [0.1, 0.15) is 6.92 Å². The van der Waals surface area contributed by atoms with Gasteiger partial charge in [-0.2, -0.15) is 4.36 Å². The lowest BCUT2D eigenvalue weighted by atomic mass is 10.4. The number of aromatic nitrogens is 1. The van der Waals surface area contributed by atoms with E-state index in [9.17, 15) is 4.21 Å². The third-order valence-electron chi connectivity index (χ3n) is 1.77. The summed E-state index contributed by atoms with van der Waals surface area (Å²) < 4.78 is 20.7. The maximum absolute atomic E-state index is 11.7. The van der Waals surface area contributed by atoms with Crippen LogP contribution in [0.3, 0.4) is 0 Å². The van der Waals surface area contributed by atoms with Crippen LogP contribution < -0.4 is 4.74 Å². The van der Waals surface area contributed by atoms with E-state index in [1.165, 1.54) is 0 Å². The van der Waals surface area contributed by atoms with E-state index in [2.05, 4.69) is 9.35 Å². The largest absolute Gasteiger partial charge is 0.497 e. The number of rotatable bonds is 3. The molecule has 0 spiro atoms. The first-order valence-corrected chi connectivity index (χ1v) is 6.36. The Morgan fingerprint density at radius 3 is 2.93 bits per heavy atom. The molecule has 1 atom stereocenters. The lowest BCUT2D eigenvalue weighted by molar-refractivity contribution is 0.414. The van der Waals surface area contributed by atoms with Crippen molar-refractivity contribution in [3.63, 3.8) is 0 Å². The van der Waals surface area contributed by atoms with Gasteiger partial charge in [-0.3, -0.25) is 0 Å². The van der Waals surface area contributed by atoms with Crippen LogP contribution in [-0.4, -0.2) is 28.3 Å². The lowest BCUT2D eigenvalue weighted by Crippen LogP contribution is -1.98. The average Bonchev–Trinajstić information content (AvgIpc) is 2.17. The summed E-state index contributed by atoms with van der Waals surface area (Å²) in [7, 11) is -0.569. The smallest absolute Gasteiger partial charge is 0.165 e. The molecule has 0 aliphatic rings. The van der Waals surface area contributed by atoms with Crippen LogP contribution in [0.5, 0.6) is 5.75 Å². The molecule has 0 amide bonds. The molecule has 0 unspecified atom stereocenters. The quantitative estimate of drug-likeness (QED) is 0.771. The molecule has 78 valence electrons. The van der Waals surface area contributed by atoms with Crippen LogP contribution in [0, 0.1) is 0 Å². The van der Waals surface area contributed by atoms with Crippen LogP contribution in [0.2, 0.25) is 0 Å². The lowest BCUT2D eigenvalue weighted by Gasteiger charge is -2.01. The van der Waals surface area contributed by atoms with Crippen molar-refractivity contribution in [1.82, 2.24) is 4.98 Å². The minimum Gasteiger partial charge on any atom is -0.497 e. The summed E-state index contributed by atoms with van der Waals surface area (Å²) in [5.74, 6) is 1.65. The zero-order valence-corrected chi connectivity index (χ0v) is 9.37. The monoisotopic (exact) mass is 214 g/mol. The highest BCUT2D eigenvalue weighted by Gasteiger charge is 2.00. The predicted octanol–water partition coefficient (Wildman–Crippen LogP) is 1.84. The summed E-state index contributed by atoms with van der Waals surface area (Å²) >= 11 is 0. The molecule has 0 N–H and O–H groups in total. The van der Waals surface area contributed by atoms with Gasteiger partial charge in [0, 0.05) is 24.3 Å². The van der Waals surface area contributed by atoms with E-state index in [0.717, 1.165) is 0 Å². The van der Waals surface area contributed by atoms with Gasteiger partial charge in [0.25, 0.3) is 0 Å². The van der Waals surface area contributed by atoms with Crippen molar-refractivity contribution in [2.75, 3.05) is 19.1 Å².